The number of fused-ring (bicyclic) bond motifs is 1. The zero-order valence-corrected chi connectivity index (χ0v) is 13.4. The summed E-state index contributed by atoms with van der Waals surface area (Å²) in [7, 11) is 0. The molecule has 0 saturated heterocycles. The van der Waals surface area contributed by atoms with Gasteiger partial charge in [-0.05, 0) is 52.3 Å². The van der Waals surface area contributed by atoms with E-state index in [0.29, 0.717) is 10.2 Å². The van der Waals surface area contributed by atoms with E-state index >= 15 is 0 Å². The number of imidazole rings is 1. The highest BCUT2D eigenvalue weighted by atomic mass is 79.9. The summed E-state index contributed by atoms with van der Waals surface area (Å²) in [4.78, 5) is 4.65. The zero-order chi connectivity index (χ0) is 15.1. The van der Waals surface area contributed by atoms with Gasteiger partial charge in [0, 0.05) is 11.6 Å². The second-order valence-corrected chi connectivity index (χ2v) is 6.16. The Balaban J connectivity index is 2.33. The number of nitrogens with two attached hydrogens (primary N) is 1. The van der Waals surface area contributed by atoms with E-state index in [0.717, 1.165) is 22.5 Å². The van der Waals surface area contributed by atoms with Crippen LogP contribution in [0, 0.1) is 5.82 Å². The monoisotopic (exact) mass is 347 g/mol. The molecule has 3 rings (SSSR count). The Labute approximate surface area is 130 Å². The second kappa shape index (κ2) is 5.15. The smallest absolute Gasteiger partial charge is 0.139 e. The largest absolute Gasteiger partial charge is 0.399 e. The summed E-state index contributed by atoms with van der Waals surface area (Å²) in [6.07, 6.45) is 0. The van der Waals surface area contributed by atoms with Crippen LogP contribution in [0.5, 0.6) is 0 Å². The fourth-order valence-electron chi connectivity index (χ4n) is 2.40. The first-order chi connectivity index (χ1) is 9.97. The third-order valence-corrected chi connectivity index (χ3v) is 4.03. The van der Waals surface area contributed by atoms with Gasteiger partial charge in [-0.3, -0.25) is 4.57 Å². The minimum absolute atomic E-state index is 0.213. The Bertz CT molecular complexity index is 824. The third-order valence-electron chi connectivity index (χ3n) is 3.38. The number of halogens is 2. The maximum atomic E-state index is 13.9. The quantitative estimate of drug-likeness (QED) is 0.686. The Morgan fingerprint density at radius 1 is 1.19 bits per heavy atom. The molecular formula is C16H15BrFN3. The van der Waals surface area contributed by atoms with Crippen molar-refractivity contribution in [1.82, 2.24) is 9.55 Å². The normalized spacial score (nSPS) is 11.5. The summed E-state index contributed by atoms with van der Waals surface area (Å²) < 4.78 is 16.3. The summed E-state index contributed by atoms with van der Waals surface area (Å²) in [5.41, 5.74) is 9.00. The van der Waals surface area contributed by atoms with Gasteiger partial charge < -0.3 is 5.73 Å². The number of aromatic nitrogens is 2. The maximum Gasteiger partial charge on any atom is 0.139 e. The van der Waals surface area contributed by atoms with E-state index in [1.165, 1.54) is 6.07 Å². The Hall–Kier alpha value is -1.88. The van der Waals surface area contributed by atoms with Crippen molar-refractivity contribution >= 4 is 32.7 Å². The van der Waals surface area contributed by atoms with Gasteiger partial charge in [-0.25, -0.2) is 9.37 Å². The van der Waals surface area contributed by atoms with Crippen LogP contribution >= 0.6 is 15.9 Å². The Morgan fingerprint density at radius 2 is 1.95 bits per heavy atom. The van der Waals surface area contributed by atoms with Crippen LogP contribution in [0.3, 0.4) is 0 Å². The minimum atomic E-state index is -0.292. The molecule has 2 aromatic carbocycles. The van der Waals surface area contributed by atoms with E-state index < -0.39 is 0 Å². The maximum absolute atomic E-state index is 13.9. The van der Waals surface area contributed by atoms with E-state index in [1.807, 2.05) is 28.8 Å². The van der Waals surface area contributed by atoms with E-state index in [4.69, 9.17) is 5.73 Å². The van der Waals surface area contributed by atoms with Crippen molar-refractivity contribution in [3.63, 3.8) is 0 Å². The molecule has 3 aromatic rings. The lowest BCUT2D eigenvalue weighted by molar-refractivity contribution is 0.619. The van der Waals surface area contributed by atoms with Crippen molar-refractivity contribution < 1.29 is 4.39 Å². The predicted molar refractivity (Wildman–Crippen MR) is 87.2 cm³/mol. The van der Waals surface area contributed by atoms with Crippen LogP contribution in [-0.2, 0) is 0 Å². The van der Waals surface area contributed by atoms with Crippen LogP contribution in [0.4, 0.5) is 10.1 Å². The SMILES string of the molecule is CC(C)c1nc2cc(N)ccc2n1-c1ccc(Br)c(F)c1. The first kappa shape index (κ1) is 14.1. The molecule has 0 amide bonds. The molecular weight excluding hydrogens is 333 g/mol. The van der Waals surface area contributed by atoms with Gasteiger partial charge in [0.25, 0.3) is 0 Å². The molecule has 0 bridgehead atoms. The van der Waals surface area contributed by atoms with Gasteiger partial charge in [0.2, 0.25) is 0 Å². The molecule has 21 heavy (non-hydrogen) atoms. The molecule has 0 unspecified atom stereocenters. The van der Waals surface area contributed by atoms with Gasteiger partial charge in [-0.1, -0.05) is 13.8 Å². The van der Waals surface area contributed by atoms with Crippen LogP contribution in [0.25, 0.3) is 16.7 Å². The molecule has 0 saturated carbocycles. The minimum Gasteiger partial charge on any atom is -0.399 e. The molecule has 1 aromatic heterocycles. The van der Waals surface area contributed by atoms with Crippen molar-refractivity contribution in [2.75, 3.05) is 5.73 Å². The number of benzene rings is 2. The fraction of sp³-hybridized carbons (Fsp3) is 0.188. The van der Waals surface area contributed by atoms with Crippen LogP contribution in [-0.4, -0.2) is 9.55 Å². The van der Waals surface area contributed by atoms with Crippen LogP contribution in [0.15, 0.2) is 40.9 Å². The molecule has 108 valence electrons. The van der Waals surface area contributed by atoms with E-state index in [2.05, 4.69) is 34.8 Å². The molecule has 0 atom stereocenters. The standard InChI is InChI=1S/C16H15BrFN3/c1-9(2)16-20-14-7-10(19)3-6-15(14)21(16)11-4-5-12(17)13(18)8-11/h3-9H,19H2,1-2H3. The first-order valence-corrected chi connectivity index (χ1v) is 7.50. The van der Waals surface area contributed by atoms with Crippen molar-refractivity contribution in [3.8, 4) is 5.69 Å². The fourth-order valence-corrected chi connectivity index (χ4v) is 2.65. The molecule has 5 heteroatoms. The average molecular weight is 348 g/mol. The molecule has 3 nitrogen and oxygen atoms in total. The van der Waals surface area contributed by atoms with Crippen molar-refractivity contribution in [3.05, 3.63) is 52.5 Å². The van der Waals surface area contributed by atoms with E-state index in [9.17, 15) is 4.39 Å². The lowest BCUT2D eigenvalue weighted by Gasteiger charge is -2.12. The third kappa shape index (κ3) is 2.42. The van der Waals surface area contributed by atoms with Crippen molar-refractivity contribution in [1.29, 1.82) is 0 Å². The van der Waals surface area contributed by atoms with E-state index in [1.54, 1.807) is 6.07 Å². The second-order valence-electron chi connectivity index (χ2n) is 5.31. The number of nitrogen functional groups attached to an aromatic ring is 1. The highest BCUT2D eigenvalue weighted by Gasteiger charge is 2.16. The predicted octanol–water partition coefficient (Wildman–Crippen LogP) is 4.63. The lowest BCUT2D eigenvalue weighted by atomic mass is 10.2. The summed E-state index contributed by atoms with van der Waals surface area (Å²) in [6.45, 7) is 4.13. The number of nitrogens with zero attached hydrogens (tertiary/aromatic N) is 2. The van der Waals surface area contributed by atoms with Gasteiger partial charge in [0.05, 0.1) is 21.2 Å². The van der Waals surface area contributed by atoms with Gasteiger partial charge in [-0.2, -0.15) is 0 Å². The summed E-state index contributed by atoms with van der Waals surface area (Å²) in [5, 5.41) is 0. The van der Waals surface area contributed by atoms with Gasteiger partial charge >= 0.3 is 0 Å². The summed E-state index contributed by atoms with van der Waals surface area (Å²) >= 11 is 3.18. The van der Waals surface area contributed by atoms with Gasteiger partial charge in [0.15, 0.2) is 0 Å². The van der Waals surface area contributed by atoms with E-state index in [-0.39, 0.29) is 11.7 Å². The van der Waals surface area contributed by atoms with Gasteiger partial charge in [0.1, 0.15) is 11.6 Å². The molecule has 0 aliphatic heterocycles. The van der Waals surface area contributed by atoms with Crippen LogP contribution in [0.1, 0.15) is 25.6 Å². The molecule has 2 N–H and O–H groups in total. The van der Waals surface area contributed by atoms with Crippen LogP contribution in [0.2, 0.25) is 0 Å². The summed E-state index contributed by atoms with van der Waals surface area (Å²) in [5.74, 6) is 0.808. The van der Waals surface area contributed by atoms with Crippen LogP contribution < -0.4 is 5.73 Å². The Morgan fingerprint density at radius 3 is 2.62 bits per heavy atom. The lowest BCUT2D eigenvalue weighted by Crippen LogP contribution is -2.03. The molecule has 0 fully saturated rings. The first-order valence-electron chi connectivity index (χ1n) is 6.70. The number of hydrogen-bond acceptors (Lipinski definition) is 2. The Kier molecular flexibility index (Phi) is 3.45. The molecule has 0 spiro atoms. The van der Waals surface area contributed by atoms with Crippen molar-refractivity contribution in [2.45, 2.75) is 19.8 Å². The van der Waals surface area contributed by atoms with Gasteiger partial charge in [-0.15, -0.1) is 0 Å². The number of rotatable bonds is 2. The zero-order valence-electron chi connectivity index (χ0n) is 11.8. The topological polar surface area (TPSA) is 43.8 Å². The molecule has 0 radical (unpaired) electrons. The van der Waals surface area contributed by atoms with Crippen molar-refractivity contribution in [2.24, 2.45) is 0 Å². The number of hydrogen-bond donors (Lipinski definition) is 1. The highest BCUT2D eigenvalue weighted by Crippen LogP contribution is 2.28. The molecule has 0 aliphatic rings. The molecule has 1 heterocycles. The highest BCUT2D eigenvalue weighted by molar-refractivity contribution is 9.10. The molecule has 0 aliphatic carbocycles. The average Bonchev–Trinajstić information content (AvgIpc) is 2.80. The number of anilines is 1. The summed E-state index contributed by atoms with van der Waals surface area (Å²) in [6, 6.07) is 10.7.